The lowest BCUT2D eigenvalue weighted by Gasteiger charge is -2.12. The van der Waals surface area contributed by atoms with Gasteiger partial charge < -0.3 is 5.11 Å². The van der Waals surface area contributed by atoms with Crippen LogP contribution in [0.5, 0.6) is 5.75 Å². The lowest BCUT2D eigenvalue weighted by atomic mass is 10.1. The molecule has 0 spiro atoms. The highest BCUT2D eigenvalue weighted by atomic mass is 16.6. The summed E-state index contributed by atoms with van der Waals surface area (Å²) in [7, 11) is 0. The van der Waals surface area contributed by atoms with E-state index in [2.05, 4.69) is 4.98 Å². The van der Waals surface area contributed by atoms with Crippen LogP contribution in [0, 0.1) is 10.1 Å². The average Bonchev–Trinajstić information content (AvgIpc) is 2.61. The van der Waals surface area contributed by atoms with Crippen molar-refractivity contribution in [2.24, 2.45) is 0 Å². The van der Waals surface area contributed by atoms with Gasteiger partial charge in [-0.25, -0.2) is 9.55 Å². The Balaban J connectivity index is 2.30. The minimum atomic E-state index is -1.01. The maximum Gasteiger partial charge on any atom is 0.273 e. The molecule has 26 heavy (non-hydrogen) atoms. The minimum Gasteiger partial charge on any atom is -0.506 e. The van der Waals surface area contributed by atoms with Gasteiger partial charge in [0.2, 0.25) is 0 Å². The summed E-state index contributed by atoms with van der Waals surface area (Å²) in [6, 6.07) is 7.55. The van der Waals surface area contributed by atoms with Gasteiger partial charge in [-0.1, -0.05) is 0 Å². The van der Waals surface area contributed by atoms with Gasteiger partial charge in [-0.05, 0) is 31.2 Å². The van der Waals surface area contributed by atoms with Gasteiger partial charge in [0.1, 0.15) is 11.3 Å². The van der Waals surface area contributed by atoms with Gasteiger partial charge in [-0.2, -0.15) is 0 Å². The lowest BCUT2D eigenvalue weighted by molar-refractivity contribution is -0.384. The SMILES string of the molecule is CC(=O)c1c(O)c2cccnc2n(C(=O)c2ccc([N+](=O)[O-])cc2)c1=O. The molecule has 0 fully saturated rings. The minimum absolute atomic E-state index is 0.00940. The molecule has 0 aliphatic rings. The molecule has 1 aromatic carbocycles. The van der Waals surface area contributed by atoms with Gasteiger partial charge in [0.25, 0.3) is 17.2 Å². The Morgan fingerprint density at radius 3 is 2.42 bits per heavy atom. The van der Waals surface area contributed by atoms with Crippen LogP contribution in [0.25, 0.3) is 11.0 Å². The number of carbonyl (C=O) groups is 2. The molecule has 130 valence electrons. The number of ketones is 1. The predicted octanol–water partition coefficient (Wildman–Crippen LogP) is 1.90. The van der Waals surface area contributed by atoms with E-state index in [0.717, 1.165) is 19.1 Å². The maximum absolute atomic E-state index is 12.8. The largest absolute Gasteiger partial charge is 0.506 e. The van der Waals surface area contributed by atoms with Gasteiger partial charge in [0, 0.05) is 23.9 Å². The van der Waals surface area contributed by atoms with E-state index < -0.39 is 33.5 Å². The number of nitro groups is 1. The second kappa shape index (κ2) is 6.20. The molecule has 9 heteroatoms. The highest BCUT2D eigenvalue weighted by molar-refractivity contribution is 6.06. The fraction of sp³-hybridized carbons (Fsp3) is 0.0588. The summed E-state index contributed by atoms with van der Waals surface area (Å²) < 4.78 is 0.674. The Labute approximate surface area is 145 Å². The van der Waals surface area contributed by atoms with Crippen molar-refractivity contribution >= 4 is 28.4 Å². The molecular weight excluding hydrogens is 342 g/mol. The number of carbonyl (C=O) groups excluding carboxylic acids is 2. The van der Waals surface area contributed by atoms with Crippen molar-refractivity contribution in [3.8, 4) is 5.75 Å². The number of nitrogens with zero attached hydrogens (tertiary/aromatic N) is 3. The van der Waals surface area contributed by atoms with Gasteiger partial charge >= 0.3 is 0 Å². The zero-order chi connectivity index (χ0) is 19.0. The van der Waals surface area contributed by atoms with Crippen molar-refractivity contribution in [1.29, 1.82) is 0 Å². The van der Waals surface area contributed by atoms with Gasteiger partial charge in [-0.15, -0.1) is 0 Å². The van der Waals surface area contributed by atoms with E-state index in [1.54, 1.807) is 0 Å². The molecule has 0 amide bonds. The number of aromatic nitrogens is 2. The summed E-state index contributed by atoms with van der Waals surface area (Å²) in [6.45, 7) is 1.10. The zero-order valence-corrected chi connectivity index (χ0v) is 13.4. The van der Waals surface area contributed by atoms with E-state index in [1.807, 2.05) is 0 Å². The molecule has 0 aliphatic heterocycles. The Bertz CT molecular complexity index is 1130. The summed E-state index contributed by atoms with van der Waals surface area (Å²) in [5.41, 5.74) is -1.88. The summed E-state index contributed by atoms with van der Waals surface area (Å²) in [5.74, 6) is -2.07. The first-order valence-electron chi connectivity index (χ1n) is 7.35. The van der Waals surface area contributed by atoms with E-state index in [4.69, 9.17) is 0 Å². The fourth-order valence-electron chi connectivity index (χ4n) is 2.56. The highest BCUT2D eigenvalue weighted by Crippen LogP contribution is 2.25. The monoisotopic (exact) mass is 353 g/mol. The molecule has 0 saturated heterocycles. The van der Waals surface area contributed by atoms with Crippen LogP contribution in [0.1, 0.15) is 27.6 Å². The Kier molecular flexibility index (Phi) is 4.05. The number of Topliss-reactive ketones (excluding diaryl/α,β-unsaturated/α-hetero) is 1. The summed E-state index contributed by atoms with van der Waals surface area (Å²) in [6.07, 6.45) is 1.33. The Hall–Kier alpha value is -3.88. The van der Waals surface area contributed by atoms with E-state index in [-0.39, 0.29) is 22.3 Å². The van der Waals surface area contributed by atoms with Crippen LogP contribution in [0.4, 0.5) is 5.69 Å². The third kappa shape index (κ3) is 2.61. The fourth-order valence-corrected chi connectivity index (χ4v) is 2.56. The van der Waals surface area contributed by atoms with Crippen molar-refractivity contribution in [3.05, 3.63) is 74.2 Å². The van der Waals surface area contributed by atoms with Crippen LogP contribution in [-0.2, 0) is 0 Å². The van der Waals surface area contributed by atoms with E-state index in [9.17, 15) is 29.6 Å². The molecule has 2 heterocycles. The summed E-state index contributed by atoms with van der Waals surface area (Å²) in [4.78, 5) is 51.3. The number of fused-ring (bicyclic) bond motifs is 1. The number of hydrogen-bond acceptors (Lipinski definition) is 7. The highest BCUT2D eigenvalue weighted by Gasteiger charge is 2.24. The maximum atomic E-state index is 12.8. The van der Waals surface area contributed by atoms with E-state index in [0.29, 0.717) is 4.57 Å². The van der Waals surface area contributed by atoms with Crippen molar-refractivity contribution in [2.45, 2.75) is 6.92 Å². The van der Waals surface area contributed by atoms with Crippen LogP contribution in [0.2, 0.25) is 0 Å². The van der Waals surface area contributed by atoms with Crippen molar-refractivity contribution in [1.82, 2.24) is 9.55 Å². The molecule has 0 bridgehead atoms. The number of aromatic hydroxyl groups is 1. The van der Waals surface area contributed by atoms with Crippen LogP contribution in [0.15, 0.2) is 47.4 Å². The Morgan fingerprint density at radius 2 is 1.85 bits per heavy atom. The second-order valence-electron chi connectivity index (χ2n) is 5.40. The summed E-state index contributed by atoms with van der Waals surface area (Å²) in [5, 5.41) is 21.0. The number of nitro benzene ring substituents is 1. The molecule has 0 unspecified atom stereocenters. The topological polar surface area (TPSA) is 132 Å². The van der Waals surface area contributed by atoms with Gasteiger partial charge in [0.15, 0.2) is 11.4 Å². The molecule has 2 aromatic heterocycles. The molecule has 9 nitrogen and oxygen atoms in total. The number of pyridine rings is 2. The van der Waals surface area contributed by atoms with Crippen LogP contribution < -0.4 is 5.56 Å². The number of rotatable bonds is 3. The Morgan fingerprint density at radius 1 is 1.19 bits per heavy atom. The molecule has 3 rings (SSSR count). The number of benzene rings is 1. The van der Waals surface area contributed by atoms with E-state index in [1.165, 1.54) is 30.5 Å². The molecule has 0 aliphatic carbocycles. The smallest absolute Gasteiger partial charge is 0.273 e. The molecule has 0 atom stereocenters. The van der Waals surface area contributed by atoms with Crippen LogP contribution >= 0.6 is 0 Å². The molecule has 3 aromatic rings. The van der Waals surface area contributed by atoms with Gasteiger partial charge in [0.05, 0.1) is 10.3 Å². The zero-order valence-electron chi connectivity index (χ0n) is 13.4. The molecule has 0 radical (unpaired) electrons. The van der Waals surface area contributed by atoms with Crippen molar-refractivity contribution in [3.63, 3.8) is 0 Å². The third-order valence-electron chi connectivity index (χ3n) is 3.79. The predicted molar refractivity (Wildman–Crippen MR) is 90.5 cm³/mol. The van der Waals surface area contributed by atoms with Crippen molar-refractivity contribution < 1.29 is 19.6 Å². The van der Waals surface area contributed by atoms with Gasteiger partial charge in [-0.3, -0.25) is 24.5 Å². The summed E-state index contributed by atoms with van der Waals surface area (Å²) >= 11 is 0. The van der Waals surface area contributed by atoms with Crippen LogP contribution in [0.3, 0.4) is 0 Å². The first-order chi connectivity index (χ1) is 12.3. The third-order valence-corrected chi connectivity index (χ3v) is 3.79. The van der Waals surface area contributed by atoms with Crippen LogP contribution in [-0.4, -0.2) is 31.3 Å². The second-order valence-corrected chi connectivity index (χ2v) is 5.40. The van der Waals surface area contributed by atoms with Crippen molar-refractivity contribution in [2.75, 3.05) is 0 Å². The number of hydrogen-bond donors (Lipinski definition) is 1. The molecule has 0 saturated carbocycles. The number of non-ortho nitro benzene ring substituents is 1. The quantitative estimate of drug-likeness (QED) is 0.432. The molecular formula is C17H11N3O6. The average molecular weight is 353 g/mol. The first-order valence-corrected chi connectivity index (χ1v) is 7.35. The lowest BCUT2D eigenvalue weighted by Crippen LogP contribution is -2.32. The first kappa shape index (κ1) is 17.0. The standard InChI is InChI=1S/C17H11N3O6/c1-9(21)13-14(22)12-3-2-8-18-15(12)19(17(13)24)16(23)10-4-6-11(7-5-10)20(25)26/h2-8,22H,1H3. The normalized spacial score (nSPS) is 10.7. The van der Waals surface area contributed by atoms with E-state index >= 15 is 0 Å². The molecule has 1 N–H and O–H groups in total.